The maximum atomic E-state index is 12.9. The number of nitrogen functional groups attached to an aromatic ring is 2. The first-order valence-electron chi connectivity index (χ1n) is 18.0. The Kier molecular flexibility index (Phi) is 13.2. The first-order chi connectivity index (χ1) is 21.8. The number of hydrogen-bond acceptors (Lipinski definition) is 5. The summed E-state index contributed by atoms with van der Waals surface area (Å²) in [7, 11) is 0. The molecule has 5 heteroatoms. The first-order valence-corrected chi connectivity index (χ1v) is 18.0. The zero-order valence-corrected chi connectivity index (χ0v) is 30.3. The second kappa shape index (κ2) is 16.2. The Hall–Kier alpha value is -2.95. The van der Waals surface area contributed by atoms with Crippen LogP contribution in [-0.4, -0.2) is 12.1 Å². The van der Waals surface area contributed by atoms with Crippen molar-refractivity contribution in [1.29, 1.82) is 0 Å². The fourth-order valence-electron chi connectivity index (χ4n) is 9.63. The van der Waals surface area contributed by atoms with Crippen LogP contribution in [0.15, 0.2) is 66.4 Å². The summed E-state index contributed by atoms with van der Waals surface area (Å²) in [5.74, 6) is 4.10. The van der Waals surface area contributed by atoms with E-state index in [1.807, 2.05) is 20.8 Å². The van der Waals surface area contributed by atoms with Crippen LogP contribution in [0.4, 0.5) is 11.4 Å². The average Bonchev–Trinajstić information content (AvgIpc) is 3.38. The quantitative estimate of drug-likeness (QED) is 0.120. The van der Waals surface area contributed by atoms with Gasteiger partial charge in [0.05, 0.1) is 5.56 Å². The van der Waals surface area contributed by atoms with E-state index >= 15 is 0 Å². The molecule has 0 spiro atoms. The molecule has 0 saturated heterocycles. The summed E-state index contributed by atoms with van der Waals surface area (Å²) in [6, 6.07) is 4.99. The molecule has 4 aliphatic rings. The molecule has 0 radical (unpaired) electrons. The van der Waals surface area contributed by atoms with E-state index in [-0.39, 0.29) is 12.1 Å². The topological polar surface area (TPSA) is 104 Å². The Balaban J connectivity index is 0.000000648. The highest BCUT2D eigenvalue weighted by Gasteiger charge is 2.59. The van der Waals surface area contributed by atoms with Crippen molar-refractivity contribution in [2.75, 3.05) is 11.5 Å². The molecule has 0 bridgehead atoms. The monoisotopic (exact) mass is 632 g/mol. The van der Waals surface area contributed by atoms with E-state index in [9.17, 15) is 4.79 Å². The molecule has 4 aliphatic carbocycles. The fourth-order valence-corrected chi connectivity index (χ4v) is 9.63. The molecule has 0 heterocycles. The van der Waals surface area contributed by atoms with Gasteiger partial charge >= 0.3 is 5.97 Å². The predicted octanol–water partition coefficient (Wildman–Crippen LogP) is 10.3. The van der Waals surface area contributed by atoms with Gasteiger partial charge in [-0.25, -0.2) is 4.79 Å². The minimum atomic E-state index is -0.306. The SMILES string of the molecule is C=C/C(N)=C\C.CC.CC(C)=CCCC(C)C1CCC2C3C=CC4CC(OC(=O)c5cc(N)cc(N)c5)CCC4(C)C3CCC12C. The summed E-state index contributed by atoms with van der Waals surface area (Å²) in [6.45, 7) is 21.5. The lowest BCUT2D eigenvalue weighted by Gasteiger charge is -2.59. The molecule has 256 valence electrons. The molecule has 9 atom stereocenters. The number of allylic oxidation sites excluding steroid dienone is 6. The molecule has 6 N–H and O–H groups in total. The number of hydrogen-bond donors (Lipinski definition) is 3. The van der Waals surface area contributed by atoms with Crippen LogP contribution in [0, 0.1) is 46.3 Å². The summed E-state index contributed by atoms with van der Waals surface area (Å²) in [5.41, 5.74) is 21.4. The molecule has 5 nitrogen and oxygen atoms in total. The van der Waals surface area contributed by atoms with Crippen LogP contribution in [0.5, 0.6) is 0 Å². The van der Waals surface area contributed by atoms with Crippen molar-refractivity contribution >= 4 is 17.3 Å². The second-order valence-corrected chi connectivity index (χ2v) is 15.0. The molecule has 46 heavy (non-hydrogen) atoms. The minimum absolute atomic E-state index is 0.0456. The lowest BCUT2D eigenvalue weighted by atomic mass is 9.46. The first kappa shape index (κ1) is 37.5. The van der Waals surface area contributed by atoms with Gasteiger partial charge in [-0.05, 0) is 149 Å². The van der Waals surface area contributed by atoms with Crippen molar-refractivity contribution in [3.63, 3.8) is 0 Å². The third kappa shape index (κ3) is 8.30. The third-order valence-corrected chi connectivity index (χ3v) is 12.1. The van der Waals surface area contributed by atoms with Gasteiger partial charge in [-0.2, -0.15) is 0 Å². The summed E-state index contributed by atoms with van der Waals surface area (Å²) in [5, 5.41) is 0. The molecule has 0 amide bonds. The molecular formula is C41H65N3O2. The van der Waals surface area contributed by atoms with Gasteiger partial charge in [-0.15, -0.1) is 0 Å². The van der Waals surface area contributed by atoms with Crippen LogP contribution in [0.25, 0.3) is 0 Å². The molecule has 1 aromatic rings. The normalized spacial score (nSPS) is 33.3. The van der Waals surface area contributed by atoms with Crippen molar-refractivity contribution in [2.45, 2.75) is 119 Å². The summed E-state index contributed by atoms with van der Waals surface area (Å²) >= 11 is 0. The molecule has 5 rings (SSSR count). The molecular weight excluding hydrogens is 566 g/mol. The standard InChI is InChI=1S/C34H50N2O2.C5H9N.C2H6/c1-21(2)7-6-8-22(3)29-11-12-30-28-10-9-24-19-27(38-32(37)23-17-25(35)20-26(36)18-23)13-15-33(24,4)31(28)14-16-34(29,30)5;1-3-5(6)4-2;1-2/h7,9-10,17-18,20,22,24,27-31H,6,8,11-16,19,35-36H2,1-5H3;3-4H,1,6H2,2H3;1-2H3/b;5-4+;. The van der Waals surface area contributed by atoms with E-state index in [1.54, 1.807) is 30.4 Å². The van der Waals surface area contributed by atoms with Gasteiger partial charge in [0.15, 0.2) is 0 Å². The van der Waals surface area contributed by atoms with E-state index in [0.717, 1.165) is 48.6 Å². The van der Waals surface area contributed by atoms with Crippen molar-refractivity contribution in [2.24, 2.45) is 52.1 Å². The number of esters is 1. The lowest BCUT2D eigenvalue weighted by Crippen LogP contribution is -2.52. The molecule has 1 aromatic carbocycles. The van der Waals surface area contributed by atoms with Crippen molar-refractivity contribution in [3.05, 3.63) is 72.0 Å². The maximum absolute atomic E-state index is 12.9. The third-order valence-electron chi connectivity index (χ3n) is 12.1. The molecule has 3 saturated carbocycles. The predicted molar refractivity (Wildman–Crippen MR) is 197 cm³/mol. The number of anilines is 2. The zero-order chi connectivity index (χ0) is 34.2. The Morgan fingerprint density at radius 3 is 2.22 bits per heavy atom. The van der Waals surface area contributed by atoms with Gasteiger partial charge in [-0.3, -0.25) is 0 Å². The fraction of sp³-hybridized carbons (Fsp3) is 0.634. The highest BCUT2D eigenvalue weighted by Crippen LogP contribution is 2.67. The van der Waals surface area contributed by atoms with Crippen molar-refractivity contribution in [1.82, 2.24) is 0 Å². The largest absolute Gasteiger partial charge is 0.459 e. The molecule has 9 unspecified atom stereocenters. The lowest BCUT2D eigenvalue weighted by molar-refractivity contribution is -0.0843. The van der Waals surface area contributed by atoms with E-state index in [1.165, 1.54) is 44.1 Å². The van der Waals surface area contributed by atoms with E-state index < -0.39 is 0 Å². The number of carbonyl (C=O) groups excluding carboxylic acids is 1. The molecule has 0 aliphatic heterocycles. The van der Waals surface area contributed by atoms with Crippen LogP contribution in [0.1, 0.15) is 124 Å². The number of ether oxygens (including phenoxy) is 1. The van der Waals surface area contributed by atoms with Gasteiger partial charge in [-0.1, -0.05) is 71.1 Å². The highest BCUT2D eigenvalue weighted by atomic mass is 16.5. The van der Waals surface area contributed by atoms with Gasteiger partial charge in [0.2, 0.25) is 0 Å². The highest BCUT2D eigenvalue weighted by molar-refractivity contribution is 5.91. The average molecular weight is 632 g/mol. The Morgan fingerprint density at radius 2 is 1.63 bits per heavy atom. The Labute approximate surface area is 281 Å². The molecule has 3 fully saturated rings. The van der Waals surface area contributed by atoms with Crippen molar-refractivity contribution in [3.8, 4) is 0 Å². The van der Waals surface area contributed by atoms with Crippen LogP contribution in [0.3, 0.4) is 0 Å². The minimum Gasteiger partial charge on any atom is -0.459 e. The van der Waals surface area contributed by atoms with Crippen LogP contribution in [-0.2, 0) is 4.74 Å². The second-order valence-electron chi connectivity index (χ2n) is 15.0. The summed E-state index contributed by atoms with van der Waals surface area (Å²) in [4.78, 5) is 12.9. The summed E-state index contributed by atoms with van der Waals surface area (Å²) in [6.07, 6.45) is 22.0. The van der Waals surface area contributed by atoms with E-state index in [0.29, 0.717) is 39.6 Å². The van der Waals surface area contributed by atoms with Crippen LogP contribution >= 0.6 is 0 Å². The number of carbonyl (C=O) groups is 1. The summed E-state index contributed by atoms with van der Waals surface area (Å²) < 4.78 is 6.00. The smallest absolute Gasteiger partial charge is 0.338 e. The van der Waals surface area contributed by atoms with Crippen molar-refractivity contribution < 1.29 is 9.53 Å². The number of nitrogens with two attached hydrogens (primary N) is 3. The van der Waals surface area contributed by atoms with E-state index in [2.05, 4.69) is 59.4 Å². The van der Waals surface area contributed by atoms with Gasteiger partial charge < -0.3 is 21.9 Å². The molecule has 0 aromatic heterocycles. The van der Waals surface area contributed by atoms with Crippen LogP contribution in [0.2, 0.25) is 0 Å². The van der Waals surface area contributed by atoms with E-state index in [4.69, 9.17) is 21.9 Å². The Bertz CT molecular complexity index is 1260. The number of rotatable bonds is 7. The Morgan fingerprint density at radius 1 is 1.00 bits per heavy atom. The zero-order valence-electron chi connectivity index (χ0n) is 30.3. The maximum Gasteiger partial charge on any atom is 0.338 e. The number of benzene rings is 1. The van der Waals surface area contributed by atoms with Gasteiger partial charge in [0.1, 0.15) is 6.10 Å². The number of fused-ring (bicyclic) bond motifs is 5. The van der Waals surface area contributed by atoms with Gasteiger partial charge in [0.25, 0.3) is 0 Å². The van der Waals surface area contributed by atoms with Crippen LogP contribution < -0.4 is 17.2 Å². The van der Waals surface area contributed by atoms with Gasteiger partial charge in [0, 0.05) is 17.1 Å².